The summed E-state index contributed by atoms with van der Waals surface area (Å²) in [6.45, 7) is 2.04. The van der Waals surface area contributed by atoms with E-state index in [1.165, 1.54) is 11.3 Å². The zero-order valence-electron chi connectivity index (χ0n) is 10.4. The summed E-state index contributed by atoms with van der Waals surface area (Å²) < 4.78 is 0. The molecule has 96 valence electrons. The fourth-order valence-electron chi connectivity index (χ4n) is 1.78. The number of nitrogens with zero attached hydrogens (tertiary/aromatic N) is 1. The molecule has 0 spiro atoms. The monoisotopic (exact) mass is 289 g/mol. The Morgan fingerprint density at radius 3 is 2.53 bits per heavy atom. The van der Waals surface area contributed by atoms with Crippen LogP contribution < -0.4 is 0 Å². The van der Waals surface area contributed by atoms with Gasteiger partial charge in [-0.3, -0.25) is 4.79 Å². The van der Waals surface area contributed by atoms with E-state index in [9.17, 15) is 10.1 Å². The molecule has 0 N–H and O–H groups in total. The van der Waals surface area contributed by atoms with Gasteiger partial charge in [-0.15, -0.1) is 11.3 Å². The van der Waals surface area contributed by atoms with E-state index in [1.807, 2.05) is 13.0 Å². The lowest BCUT2D eigenvalue weighted by Gasteiger charge is -2.07. The van der Waals surface area contributed by atoms with Gasteiger partial charge < -0.3 is 0 Å². The number of nitriles is 1. The molecule has 1 unspecified atom stereocenters. The maximum atomic E-state index is 12.3. The van der Waals surface area contributed by atoms with Crippen LogP contribution in [-0.2, 0) is 6.42 Å². The first-order chi connectivity index (χ1) is 9.15. The second kappa shape index (κ2) is 6.01. The topological polar surface area (TPSA) is 40.9 Å². The van der Waals surface area contributed by atoms with Gasteiger partial charge in [0.1, 0.15) is 5.92 Å². The van der Waals surface area contributed by atoms with Gasteiger partial charge in [0, 0.05) is 9.90 Å². The Labute approximate surface area is 121 Å². The molecule has 2 rings (SSSR count). The summed E-state index contributed by atoms with van der Waals surface area (Å²) in [5.41, 5.74) is 0.684. The van der Waals surface area contributed by atoms with Gasteiger partial charge in [0.15, 0.2) is 5.78 Å². The number of carbonyl (C=O) groups is 1. The van der Waals surface area contributed by atoms with E-state index in [1.54, 1.807) is 30.3 Å². The Balaban J connectivity index is 2.29. The average molecular weight is 290 g/mol. The molecular weight excluding hydrogens is 278 g/mol. The van der Waals surface area contributed by atoms with Crippen LogP contribution >= 0.6 is 22.9 Å². The molecule has 4 heteroatoms. The van der Waals surface area contributed by atoms with E-state index in [2.05, 4.69) is 6.07 Å². The van der Waals surface area contributed by atoms with Crippen LogP contribution in [0.2, 0.25) is 5.02 Å². The van der Waals surface area contributed by atoms with E-state index in [4.69, 9.17) is 11.6 Å². The third kappa shape index (κ3) is 3.04. The number of ketones is 1. The number of aryl methyl sites for hydroxylation is 1. The van der Waals surface area contributed by atoms with Crippen LogP contribution in [0.4, 0.5) is 0 Å². The summed E-state index contributed by atoms with van der Waals surface area (Å²) in [5.74, 6) is -0.907. The molecular formula is C15H12ClNOS. The van der Waals surface area contributed by atoms with Crippen LogP contribution in [0.1, 0.15) is 33.0 Å². The van der Waals surface area contributed by atoms with E-state index in [0.29, 0.717) is 15.5 Å². The maximum absolute atomic E-state index is 12.3. The molecule has 1 aromatic carbocycles. The predicted octanol–water partition coefficient (Wildman–Crippen LogP) is 4.45. The fourth-order valence-corrected chi connectivity index (χ4v) is 2.83. The van der Waals surface area contributed by atoms with E-state index in [0.717, 1.165) is 11.3 Å². The van der Waals surface area contributed by atoms with Gasteiger partial charge in [-0.05, 0) is 36.2 Å². The Kier molecular flexibility index (Phi) is 4.36. The van der Waals surface area contributed by atoms with Gasteiger partial charge in [-0.25, -0.2) is 0 Å². The summed E-state index contributed by atoms with van der Waals surface area (Å²) in [4.78, 5) is 14.1. The molecule has 0 amide bonds. The van der Waals surface area contributed by atoms with Crippen LogP contribution in [0.3, 0.4) is 0 Å². The van der Waals surface area contributed by atoms with Crippen molar-refractivity contribution < 1.29 is 4.79 Å². The van der Waals surface area contributed by atoms with Crippen molar-refractivity contribution in [3.05, 3.63) is 56.7 Å². The molecule has 0 aliphatic rings. The highest BCUT2D eigenvalue weighted by Gasteiger charge is 2.23. The van der Waals surface area contributed by atoms with Crippen molar-refractivity contribution in [2.45, 2.75) is 19.3 Å². The predicted molar refractivity (Wildman–Crippen MR) is 77.8 cm³/mol. The van der Waals surface area contributed by atoms with Crippen molar-refractivity contribution in [2.24, 2.45) is 0 Å². The summed E-state index contributed by atoms with van der Waals surface area (Å²) in [5, 5.41) is 9.84. The number of hydrogen-bond acceptors (Lipinski definition) is 3. The molecule has 0 bridgehead atoms. The smallest absolute Gasteiger partial charge is 0.194 e. The standard InChI is InChI=1S/C15H12ClNOS/c1-2-12-7-8-14(19-12)15(18)13(9-17)10-3-5-11(16)6-4-10/h3-8,13H,2H2,1H3. The molecule has 2 nitrogen and oxygen atoms in total. The lowest BCUT2D eigenvalue weighted by molar-refractivity contribution is 0.0983. The highest BCUT2D eigenvalue weighted by molar-refractivity contribution is 7.14. The molecule has 1 atom stereocenters. The van der Waals surface area contributed by atoms with E-state index >= 15 is 0 Å². The second-order valence-electron chi connectivity index (χ2n) is 4.10. The molecule has 0 aliphatic heterocycles. The molecule has 1 heterocycles. The van der Waals surface area contributed by atoms with Crippen molar-refractivity contribution in [2.75, 3.05) is 0 Å². The Hall–Kier alpha value is -1.63. The highest BCUT2D eigenvalue weighted by atomic mass is 35.5. The van der Waals surface area contributed by atoms with Crippen molar-refractivity contribution >= 4 is 28.7 Å². The second-order valence-corrected chi connectivity index (χ2v) is 5.70. The first-order valence-corrected chi connectivity index (χ1v) is 7.13. The summed E-state index contributed by atoms with van der Waals surface area (Å²) in [6, 6.07) is 12.7. The maximum Gasteiger partial charge on any atom is 0.194 e. The molecule has 19 heavy (non-hydrogen) atoms. The zero-order valence-corrected chi connectivity index (χ0v) is 12.0. The molecule has 2 aromatic rings. The SMILES string of the molecule is CCc1ccc(C(=O)C(C#N)c2ccc(Cl)cc2)s1. The lowest BCUT2D eigenvalue weighted by Crippen LogP contribution is -2.09. The van der Waals surface area contributed by atoms with Crippen LogP contribution in [0.15, 0.2) is 36.4 Å². The average Bonchev–Trinajstić information content (AvgIpc) is 2.90. The number of thiophene rings is 1. The molecule has 0 saturated heterocycles. The minimum absolute atomic E-state index is 0.144. The molecule has 0 aliphatic carbocycles. The number of rotatable bonds is 4. The number of carbonyl (C=O) groups excluding carboxylic acids is 1. The zero-order chi connectivity index (χ0) is 13.8. The minimum Gasteiger partial charge on any atom is -0.291 e. The van der Waals surface area contributed by atoms with Crippen LogP contribution in [0.25, 0.3) is 0 Å². The van der Waals surface area contributed by atoms with Crippen molar-refractivity contribution in [3.8, 4) is 6.07 Å². The van der Waals surface area contributed by atoms with Crippen LogP contribution in [0.5, 0.6) is 0 Å². The Bertz CT molecular complexity index is 624. The van der Waals surface area contributed by atoms with E-state index in [-0.39, 0.29) is 5.78 Å². The largest absolute Gasteiger partial charge is 0.291 e. The van der Waals surface area contributed by atoms with Gasteiger partial charge >= 0.3 is 0 Å². The Morgan fingerprint density at radius 1 is 1.32 bits per heavy atom. The first kappa shape index (κ1) is 13.8. The van der Waals surface area contributed by atoms with Gasteiger partial charge in [-0.1, -0.05) is 30.7 Å². The van der Waals surface area contributed by atoms with Crippen LogP contribution in [-0.4, -0.2) is 5.78 Å². The molecule has 1 aromatic heterocycles. The summed E-state index contributed by atoms with van der Waals surface area (Å²) >= 11 is 7.27. The molecule has 0 fully saturated rings. The van der Waals surface area contributed by atoms with Gasteiger partial charge in [0.05, 0.1) is 10.9 Å². The highest BCUT2D eigenvalue weighted by Crippen LogP contribution is 2.26. The van der Waals surface area contributed by atoms with Crippen molar-refractivity contribution in [3.63, 3.8) is 0 Å². The number of halogens is 1. The fraction of sp³-hybridized carbons (Fsp3) is 0.200. The van der Waals surface area contributed by atoms with Gasteiger partial charge in [0.25, 0.3) is 0 Å². The minimum atomic E-state index is -0.763. The summed E-state index contributed by atoms with van der Waals surface area (Å²) in [6.07, 6.45) is 0.899. The quantitative estimate of drug-likeness (QED) is 0.780. The van der Waals surface area contributed by atoms with Crippen molar-refractivity contribution in [1.29, 1.82) is 5.26 Å². The molecule has 0 saturated carbocycles. The Morgan fingerprint density at radius 2 is 2.00 bits per heavy atom. The summed E-state index contributed by atoms with van der Waals surface area (Å²) in [7, 11) is 0. The molecule has 0 radical (unpaired) electrons. The van der Waals surface area contributed by atoms with Crippen LogP contribution in [0, 0.1) is 11.3 Å². The van der Waals surface area contributed by atoms with E-state index < -0.39 is 5.92 Å². The third-order valence-electron chi connectivity index (χ3n) is 2.85. The number of benzene rings is 1. The third-order valence-corrected chi connectivity index (χ3v) is 4.34. The normalized spacial score (nSPS) is 11.8. The first-order valence-electron chi connectivity index (χ1n) is 5.93. The van der Waals surface area contributed by atoms with Gasteiger partial charge in [-0.2, -0.15) is 5.26 Å². The number of Topliss-reactive ketones (excluding diaryl/α,β-unsaturated/α-hetero) is 1. The van der Waals surface area contributed by atoms with Crippen molar-refractivity contribution in [1.82, 2.24) is 0 Å². The lowest BCUT2D eigenvalue weighted by atomic mass is 9.95. The van der Waals surface area contributed by atoms with Gasteiger partial charge in [0.2, 0.25) is 0 Å². The number of hydrogen-bond donors (Lipinski definition) is 0.